The van der Waals surface area contributed by atoms with Gasteiger partial charge in [-0.15, -0.1) is 11.3 Å². The topological polar surface area (TPSA) is 71.5 Å². The number of thiophene rings is 1. The largest absolute Gasteiger partial charge is 0.305 e. The predicted octanol–water partition coefficient (Wildman–Crippen LogP) is 6.10. The lowest BCUT2D eigenvalue weighted by Crippen LogP contribution is -2.09. The second-order valence-corrected chi connectivity index (χ2v) is 9.62. The zero-order valence-corrected chi connectivity index (χ0v) is 18.2. The van der Waals surface area contributed by atoms with Crippen LogP contribution in [0, 0.1) is 6.92 Å². The highest BCUT2D eigenvalue weighted by atomic mass is 35.5. The number of hydrogen-bond acceptors (Lipinski definition) is 5. The lowest BCUT2D eigenvalue weighted by Gasteiger charge is -2.12. The first kappa shape index (κ1) is 18.7. The number of pyridine rings is 2. The van der Waals surface area contributed by atoms with Crippen LogP contribution >= 0.6 is 22.9 Å². The van der Waals surface area contributed by atoms with Crippen molar-refractivity contribution >= 4 is 45.0 Å². The van der Waals surface area contributed by atoms with E-state index in [9.17, 15) is 4.79 Å². The molecule has 0 saturated heterocycles. The molecule has 0 unspecified atom stereocenters. The highest BCUT2D eigenvalue weighted by Crippen LogP contribution is 2.43. The number of aromatic nitrogens is 4. The van der Waals surface area contributed by atoms with Crippen molar-refractivity contribution in [3.8, 4) is 21.8 Å². The Kier molecular flexibility index (Phi) is 4.20. The lowest BCUT2D eigenvalue weighted by molar-refractivity contribution is 1.09. The number of rotatable bonds is 3. The van der Waals surface area contributed by atoms with Crippen LogP contribution in [0.5, 0.6) is 0 Å². The van der Waals surface area contributed by atoms with Gasteiger partial charge in [-0.1, -0.05) is 17.7 Å². The second kappa shape index (κ2) is 6.97. The van der Waals surface area contributed by atoms with Gasteiger partial charge in [0.1, 0.15) is 11.2 Å². The summed E-state index contributed by atoms with van der Waals surface area (Å²) in [6.07, 6.45) is 3.89. The van der Waals surface area contributed by atoms with Gasteiger partial charge in [0.25, 0.3) is 0 Å². The fourth-order valence-corrected chi connectivity index (χ4v) is 5.14. The molecule has 0 aliphatic heterocycles. The van der Waals surface area contributed by atoms with Gasteiger partial charge in [0.2, 0.25) is 5.56 Å². The molecule has 152 valence electrons. The molecule has 5 nitrogen and oxygen atoms in total. The molecule has 4 aromatic heterocycles. The first-order chi connectivity index (χ1) is 15.1. The number of aromatic amines is 1. The molecular formula is C24H17ClN4OS. The Morgan fingerprint density at radius 3 is 2.71 bits per heavy atom. The minimum Gasteiger partial charge on any atom is -0.305 e. The molecule has 1 aromatic carbocycles. The van der Waals surface area contributed by atoms with Gasteiger partial charge in [-0.3, -0.25) is 9.78 Å². The number of nitrogens with zero attached hydrogens (tertiary/aromatic N) is 3. The molecule has 5 aromatic rings. The molecule has 1 aliphatic rings. The van der Waals surface area contributed by atoms with Crippen molar-refractivity contribution in [1.82, 2.24) is 19.9 Å². The van der Waals surface area contributed by atoms with Crippen LogP contribution in [0.2, 0.25) is 5.02 Å². The summed E-state index contributed by atoms with van der Waals surface area (Å²) in [7, 11) is 0. The molecule has 1 aliphatic carbocycles. The molecule has 1 saturated carbocycles. The van der Waals surface area contributed by atoms with Gasteiger partial charge in [-0.25, -0.2) is 9.97 Å². The molecule has 0 radical (unpaired) electrons. The third-order valence-corrected chi connectivity index (χ3v) is 6.92. The average Bonchev–Trinajstić information content (AvgIpc) is 3.52. The highest BCUT2D eigenvalue weighted by Gasteiger charge is 2.28. The Hall–Kier alpha value is -3.09. The SMILES string of the molecule is Cc1ccc(-c2nc3[nH]c(=O)cc(C4CC4)c3nc2-c2cc(Cl)c3ncccc3c2)s1. The number of benzene rings is 1. The van der Waals surface area contributed by atoms with Gasteiger partial charge in [-0.05, 0) is 61.6 Å². The summed E-state index contributed by atoms with van der Waals surface area (Å²) in [5.41, 5.74) is 5.29. The van der Waals surface area contributed by atoms with Crippen molar-refractivity contribution in [3.05, 3.63) is 74.5 Å². The van der Waals surface area contributed by atoms with E-state index < -0.39 is 0 Å². The maximum Gasteiger partial charge on any atom is 0.249 e. The fraction of sp³-hybridized carbons (Fsp3) is 0.167. The van der Waals surface area contributed by atoms with Gasteiger partial charge < -0.3 is 4.98 Å². The Labute approximate surface area is 186 Å². The second-order valence-electron chi connectivity index (χ2n) is 7.92. The van der Waals surface area contributed by atoms with Crippen LogP contribution in [0.15, 0.2) is 53.5 Å². The summed E-state index contributed by atoms with van der Waals surface area (Å²) in [6, 6.07) is 13.6. The highest BCUT2D eigenvalue weighted by molar-refractivity contribution is 7.15. The Bertz CT molecular complexity index is 1550. The van der Waals surface area contributed by atoms with E-state index >= 15 is 0 Å². The van der Waals surface area contributed by atoms with Crippen LogP contribution in [0.4, 0.5) is 0 Å². The molecule has 0 spiro atoms. The zero-order valence-electron chi connectivity index (χ0n) is 16.6. The van der Waals surface area contributed by atoms with E-state index in [1.54, 1.807) is 23.6 Å². The van der Waals surface area contributed by atoms with Gasteiger partial charge in [0.15, 0.2) is 5.65 Å². The Morgan fingerprint density at radius 2 is 1.94 bits per heavy atom. The van der Waals surface area contributed by atoms with Crippen LogP contribution in [0.3, 0.4) is 0 Å². The van der Waals surface area contributed by atoms with Crippen molar-refractivity contribution in [2.45, 2.75) is 25.7 Å². The monoisotopic (exact) mass is 444 g/mol. The van der Waals surface area contributed by atoms with Gasteiger partial charge >= 0.3 is 0 Å². The molecule has 4 heterocycles. The van der Waals surface area contributed by atoms with E-state index in [2.05, 4.69) is 29.0 Å². The number of nitrogens with one attached hydrogen (secondary N) is 1. The van der Waals surface area contributed by atoms with Crippen molar-refractivity contribution < 1.29 is 0 Å². The summed E-state index contributed by atoms with van der Waals surface area (Å²) in [4.78, 5) is 31.7. The number of halogens is 1. The average molecular weight is 445 g/mol. The van der Waals surface area contributed by atoms with E-state index in [1.807, 2.05) is 24.3 Å². The van der Waals surface area contributed by atoms with Gasteiger partial charge in [0.05, 0.1) is 21.1 Å². The van der Waals surface area contributed by atoms with E-state index in [-0.39, 0.29) is 5.56 Å². The first-order valence-corrected chi connectivity index (χ1v) is 11.3. The van der Waals surface area contributed by atoms with Gasteiger partial charge in [-0.2, -0.15) is 0 Å². The summed E-state index contributed by atoms with van der Waals surface area (Å²) in [5, 5.41) is 1.52. The quantitative estimate of drug-likeness (QED) is 0.365. The molecule has 0 bridgehead atoms. The van der Waals surface area contributed by atoms with Crippen LogP contribution in [-0.2, 0) is 0 Å². The summed E-state index contributed by atoms with van der Waals surface area (Å²) >= 11 is 8.24. The number of H-pyrrole nitrogens is 1. The van der Waals surface area contributed by atoms with E-state index in [0.29, 0.717) is 16.6 Å². The third kappa shape index (κ3) is 3.23. The maximum absolute atomic E-state index is 12.3. The summed E-state index contributed by atoms with van der Waals surface area (Å²) < 4.78 is 0. The van der Waals surface area contributed by atoms with Crippen molar-refractivity contribution in [3.63, 3.8) is 0 Å². The van der Waals surface area contributed by atoms with Crippen LogP contribution in [0.1, 0.15) is 29.2 Å². The third-order valence-electron chi connectivity index (χ3n) is 5.62. The molecule has 31 heavy (non-hydrogen) atoms. The molecule has 0 atom stereocenters. The molecule has 1 N–H and O–H groups in total. The normalized spacial score (nSPS) is 13.9. The zero-order chi connectivity index (χ0) is 21.1. The summed E-state index contributed by atoms with van der Waals surface area (Å²) in [6.45, 7) is 2.06. The number of fused-ring (bicyclic) bond motifs is 2. The molecule has 0 amide bonds. The molecule has 6 rings (SSSR count). The minimum atomic E-state index is -0.135. The van der Waals surface area contributed by atoms with Crippen LogP contribution < -0.4 is 5.56 Å². The molecular weight excluding hydrogens is 428 g/mol. The fourth-order valence-electron chi connectivity index (χ4n) is 4.01. The number of aryl methyl sites for hydroxylation is 1. The smallest absolute Gasteiger partial charge is 0.249 e. The number of hydrogen-bond donors (Lipinski definition) is 1. The Balaban J connectivity index is 1.69. The molecule has 7 heteroatoms. The van der Waals surface area contributed by atoms with Gasteiger partial charge in [0, 0.05) is 28.1 Å². The summed E-state index contributed by atoms with van der Waals surface area (Å²) in [5.74, 6) is 0.381. The van der Waals surface area contributed by atoms with E-state index in [0.717, 1.165) is 56.7 Å². The molecule has 1 fully saturated rings. The standard InChI is InChI=1S/C24H17ClN4OS/c1-12-4-7-18(31-12)23-21(15-9-14-3-2-8-26-20(14)17(25)10-15)28-22-16(13-5-6-13)11-19(30)27-24(22)29-23/h2-4,7-11,13H,5-6H2,1H3,(H,27,29,30). The van der Waals surface area contributed by atoms with Crippen molar-refractivity contribution in [2.75, 3.05) is 0 Å². The first-order valence-electron chi connectivity index (χ1n) is 10.1. The Morgan fingerprint density at radius 1 is 1.06 bits per heavy atom. The maximum atomic E-state index is 12.3. The van der Waals surface area contributed by atoms with Crippen molar-refractivity contribution in [1.29, 1.82) is 0 Å². The predicted molar refractivity (Wildman–Crippen MR) is 126 cm³/mol. The minimum absolute atomic E-state index is 0.135. The van der Waals surface area contributed by atoms with E-state index in [4.69, 9.17) is 21.6 Å². The van der Waals surface area contributed by atoms with Crippen molar-refractivity contribution in [2.24, 2.45) is 0 Å². The van der Waals surface area contributed by atoms with E-state index in [1.165, 1.54) is 4.88 Å². The van der Waals surface area contributed by atoms with Crippen LogP contribution in [-0.4, -0.2) is 19.9 Å². The van der Waals surface area contributed by atoms with Crippen LogP contribution in [0.25, 0.3) is 43.9 Å². The lowest BCUT2D eigenvalue weighted by atomic mass is 10.0.